The van der Waals surface area contributed by atoms with E-state index in [0.29, 0.717) is 5.56 Å². The number of Topliss-reactive ketones (excluding diaryl/α,β-unsaturated/α-hetero) is 1. The average Bonchev–Trinajstić information content (AvgIpc) is 3.48. The van der Waals surface area contributed by atoms with Gasteiger partial charge in [0.2, 0.25) is 11.4 Å². The molecule has 43 heavy (non-hydrogen) atoms. The van der Waals surface area contributed by atoms with Gasteiger partial charge in [0, 0.05) is 23.1 Å². The number of aromatic amines is 1. The Morgan fingerprint density at radius 1 is 1.07 bits per heavy atom. The van der Waals surface area contributed by atoms with Crippen molar-refractivity contribution in [2.45, 2.75) is 57.5 Å². The fraction of sp³-hybridized carbons (Fsp3) is 0.345. The molecule has 4 rings (SSSR count). The summed E-state index contributed by atoms with van der Waals surface area (Å²) in [6.45, 7) is 4.63. The van der Waals surface area contributed by atoms with Gasteiger partial charge in [-0.25, -0.2) is 9.37 Å². The van der Waals surface area contributed by atoms with Crippen molar-refractivity contribution >= 4 is 5.78 Å². The molecule has 4 N–H and O–H groups in total. The molecule has 2 aromatic carbocycles. The number of nitrogens with one attached hydrogen (secondary N) is 1. The van der Waals surface area contributed by atoms with Gasteiger partial charge in [-0.1, -0.05) is 5.21 Å². The topological polar surface area (TPSA) is 149 Å². The van der Waals surface area contributed by atoms with Gasteiger partial charge in [-0.15, -0.1) is 10.2 Å². The molecule has 0 fully saturated rings. The molecule has 0 spiro atoms. The first-order valence-corrected chi connectivity index (χ1v) is 13.1. The zero-order chi connectivity index (χ0) is 31.6. The Hall–Kier alpha value is -4.43. The van der Waals surface area contributed by atoms with Gasteiger partial charge in [-0.3, -0.25) is 4.79 Å². The number of rotatable bonds is 11. The summed E-state index contributed by atoms with van der Waals surface area (Å²) >= 11 is 0. The van der Waals surface area contributed by atoms with Crippen molar-refractivity contribution in [3.8, 4) is 22.8 Å². The van der Waals surface area contributed by atoms with E-state index in [2.05, 4.69) is 25.6 Å². The van der Waals surface area contributed by atoms with E-state index in [1.807, 2.05) is 0 Å². The van der Waals surface area contributed by atoms with E-state index in [-0.39, 0.29) is 46.3 Å². The molecule has 4 aromatic rings. The quantitative estimate of drug-likeness (QED) is 0.161. The highest BCUT2D eigenvalue weighted by Crippen LogP contribution is 2.43. The van der Waals surface area contributed by atoms with Crippen molar-refractivity contribution < 1.29 is 36.9 Å². The monoisotopic (exact) mass is 602 g/mol. The largest absolute Gasteiger partial charge is 0.493 e. The lowest BCUT2D eigenvalue weighted by Crippen LogP contribution is -2.44. The number of aliphatic hydroxyl groups is 1. The second-order valence-corrected chi connectivity index (χ2v) is 10.6. The molecule has 1 atom stereocenters. The third-order valence-corrected chi connectivity index (χ3v) is 6.86. The van der Waals surface area contributed by atoms with Gasteiger partial charge in [-0.2, -0.15) is 18.4 Å². The first-order valence-electron chi connectivity index (χ1n) is 13.1. The normalized spacial score (nSPS) is 13.4. The Morgan fingerprint density at radius 3 is 2.42 bits per heavy atom. The summed E-state index contributed by atoms with van der Waals surface area (Å²) in [4.78, 5) is 17.2. The van der Waals surface area contributed by atoms with Crippen LogP contribution in [0.15, 0.2) is 48.5 Å². The third kappa shape index (κ3) is 6.97. The first-order chi connectivity index (χ1) is 20.1. The molecular formula is C29H30F4N6O4. The maximum absolute atomic E-state index is 14.6. The van der Waals surface area contributed by atoms with Crippen LogP contribution in [0, 0.1) is 12.7 Å². The van der Waals surface area contributed by atoms with Crippen LogP contribution >= 0.6 is 0 Å². The van der Waals surface area contributed by atoms with Gasteiger partial charge in [0.25, 0.3) is 0 Å². The maximum Gasteiger partial charge on any atom is 0.422 e. The molecule has 14 heteroatoms. The van der Waals surface area contributed by atoms with Gasteiger partial charge in [0.05, 0.1) is 18.5 Å². The van der Waals surface area contributed by atoms with Crippen LogP contribution < -0.4 is 15.2 Å². The van der Waals surface area contributed by atoms with Gasteiger partial charge in [0.15, 0.2) is 23.9 Å². The van der Waals surface area contributed by atoms with Crippen molar-refractivity contribution in [2.24, 2.45) is 5.73 Å². The number of benzene rings is 2. The molecule has 0 saturated heterocycles. The summed E-state index contributed by atoms with van der Waals surface area (Å²) in [6, 6.07) is 10.7. The van der Waals surface area contributed by atoms with Crippen molar-refractivity contribution in [2.75, 3.05) is 7.11 Å². The number of H-pyrrole nitrogens is 1. The van der Waals surface area contributed by atoms with Crippen LogP contribution in [0.4, 0.5) is 17.6 Å². The summed E-state index contributed by atoms with van der Waals surface area (Å²) in [5, 5.41) is 24.4. The second-order valence-electron chi connectivity index (χ2n) is 10.6. The van der Waals surface area contributed by atoms with Crippen LogP contribution in [0.25, 0.3) is 11.3 Å². The van der Waals surface area contributed by atoms with Crippen LogP contribution in [0.3, 0.4) is 0 Å². The fourth-order valence-corrected chi connectivity index (χ4v) is 4.27. The lowest BCUT2D eigenvalue weighted by atomic mass is 9.86. The van der Waals surface area contributed by atoms with Crippen molar-refractivity contribution in [1.29, 1.82) is 0 Å². The number of nitrogens with zero attached hydrogens (tertiary/aromatic N) is 4. The molecule has 0 aliphatic heterocycles. The zero-order valence-corrected chi connectivity index (χ0v) is 23.8. The van der Waals surface area contributed by atoms with Crippen LogP contribution in [0.1, 0.15) is 59.7 Å². The fourth-order valence-electron chi connectivity index (χ4n) is 4.27. The van der Waals surface area contributed by atoms with Crippen LogP contribution in [-0.2, 0) is 17.7 Å². The Morgan fingerprint density at radius 2 is 1.81 bits per heavy atom. The average molecular weight is 603 g/mol. The van der Waals surface area contributed by atoms with E-state index in [1.54, 1.807) is 13.8 Å². The highest BCUT2D eigenvalue weighted by Gasteiger charge is 2.56. The van der Waals surface area contributed by atoms with Gasteiger partial charge >= 0.3 is 6.18 Å². The van der Waals surface area contributed by atoms with E-state index < -0.39 is 47.5 Å². The number of hydrogen-bond acceptors (Lipinski definition) is 9. The van der Waals surface area contributed by atoms with Crippen LogP contribution in [-0.4, -0.2) is 49.8 Å². The second kappa shape index (κ2) is 12.1. The smallest absolute Gasteiger partial charge is 0.422 e. The SMILES string of the molecule is COc1cc(C(=O)CCC(O)(c2cc(C(C)(C)N)cc(-c3ccc(F)c(C)c3)n2)C(F)(F)F)ccc1OCc1nn[nH]n1. The molecule has 10 nitrogen and oxygen atoms in total. The van der Waals surface area contributed by atoms with E-state index in [4.69, 9.17) is 15.2 Å². The Kier molecular flexibility index (Phi) is 8.83. The molecule has 1 unspecified atom stereocenters. The number of ketones is 1. The maximum atomic E-state index is 14.6. The minimum Gasteiger partial charge on any atom is -0.493 e. The number of aryl methyl sites for hydroxylation is 1. The standard InChI is InChI=1S/C29H30F4N6O4/c1-16-11-17(5-7-20(16)30)21-13-19(27(2,3)34)14-25(35-21)28(41,29(31,32)33)10-9-22(40)18-6-8-23(24(12-18)42-4)43-15-26-36-38-39-37-26/h5-8,11-14,41H,9-10,15,34H2,1-4H3,(H,36,37,38,39). The molecule has 0 aliphatic rings. The number of methoxy groups -OCH3 is 1. The molecule has 2 aromatic heterocycles. The summed E-state index contributed by atoms with van der Waals surface area (Å²) in [5.74, 6) is -0.519. The van der Waals surface area contributed by atoms with Crippen molar-refractivity contribution in [3.63, 3.8) is 0 Å². The number of carbonyl (C=O) groups excluding carboxylic acids is 1. The molecular weight excluding hydrogens is 572 g/mol. The van der Waals surface area contributed by atoms with E-state index in [9.17, 15) is 27.5 Å². The summed E-state index contributed by atoms with van der Waals surface area (Å²) in [6.07, 6.45) is -6.93. The minimum absolute atomic E-state index is 0.0422. The number of carbonyl (C=O) groups is 1. The Bertz CT molecular complexity index is 1610. The first kappa shape index (κ1) is 31.5. The van der Waals surface area contributed by atoms with E-state index in [1.165, 1.54) is 56.5 Å². The summed E-state index contributed by atoms with van der Waals surface area (Å²) in [7, 11) is 1.34. The van der Waals surface area contributed by atoms with Crippen molar-refractivity contribution in [1.82, 2.24) is 25.6 Å². The van der Waals surface area contributed by atoms with Crippen molar-refractivity contribution in [3.05, 3.63) is 82.6 Å². The number of halogens is 4. The molecule has 2 heterocycles. The molecule has 0 bridgehead atoms. The zero-order valence-electron chi connectivity index (χ0n) is 23.8. The Labute approximate surface area is 244 Å². The molecule has 0 saturated carbocycles. The lowest BCUT2D eigenvalue weighted by Gasteiger charge is -2.32. The Balaban J connectivity index is 1.65. The molecule has 0 aliphatic carbocycles. The number of pyridine rings is 1. The number of tetrazole rings is 1. The van der Waals surface area contributed by atoms with Gasteiger partial charge < -0.3 is 20.3 Å². The summed E-state index contributed by atoms with van der Waals surface area (Å²) < 4.78 is 68.4. The highest BCUT2D eigenvalue weighted by atomic mass is 19.4. The predicted octanol–water partition coefficient (Wildman–Crippen LogP) is 4.90. The van der Waals surface area contributed by atoms with E-state index in [0.717, 1.165) is 6.07 Å². The van der Waals surface area contributed by atoms with Gasteiger partial charge in [0.1, 0.15) is 5.82 Å². The lowest BCUT2D eigenvalue weighted by molar-refractivity contribution is -0.270. The third-order valence-electron chi connectivity index (χ3n) is 6.86. The number of alkyl halides is 3. The minimum atomic E-state index is -5.21. The highest BCUT2D eigenvalue weighted by molar-refractivity contribution is 5.96. The van der Waals surface area contributed by atoms with Crippen LogP contribution in [0.2, 0.25) is 0 Å². The summed E-state index contributed by atoms with van der Waals surface area (Å²) in [5.41, 5.74) is 1.82. The molecule has 0 radical (unpaired) electrons. The van der Waals surface area contributed by atoms with E-state index >= 15 is 0 Å². The number of hydrogen-bond donors (Lipinski definition) is 3. The van der Waals surface area contributed by atoms with Gasteiger partial charge in [-0.05, 0) is 86.8 Å². The number of nitrogens with two attached hydrogens (primary N) is 1. The predicted molar refractivity (Wildman–Crippen MR) is 147 cm³/mol. The number of aromatic nitrogens is 5. The molecule has 228 valence electrons. The number of ether oxygens (including phenoxy) is 2. The van der Waals surface area contributed by atoms with Crippen LogP contribution in [0.5, 0.6) is 11.5 Å². The molecule has 0 amide bonds.